The van der Waals surface area contributed by atoms with Crippen molar-refractivity contribution in [2.24, 2.45) is 10.8 Å². The van der Waals surface area contributed by atoms with Crippen molar-refractivity contribution >= 4 is 34.9 Å². The van der Waals surface area contributed by atoms with Crippen molar-refractivity contribution in [3.63, 3.8) is 0 Å². The summed E-state index contributed by atoms with van der Waals surface area (Å²) < 4.78 is 0. The minimum absolute atomic E-state index is 0.0253. The quantitative estimate of drug-likeness (QED) is 0.242. The fourth-order valence-electron chi connectivity index (χ4n) is 1.35. The number of amidine groups is 1. The van der Waals surface area contributed by atoms with Crippen LogP contribution in [0.25, 0.3) is 0 Å². The number of carbonyl (C=O) groups excluding carboxylic acids is 1. The number of aliphatic carboxylic acids is 1. The third kappa shape index (κ3) is 6.58. The predicted octanol–water partition coefficient (Wildman–Crippen LogP) is 0.510. The number of hydrogen-bond donors (Lipinski definition) is 6. The third-order valence-corrected chi connectivity index (χ3v) is 2.43. The van der Waals surface area contributed by atoms with Crippen molar-refractivity contribution in [1.29, 1.82) is 10.7 Å². The summed E-state index contributed by atoms with van der Waals surface area (Å²) in [6.07, 6.45) is -0.161. The van der Waals surface area contributed by atoms with E-state index in [9.17, 15) is 9.59 Å². The van der Waals surface area contributed by atoms with Crippen LogP contribution in [0.1, 0.15) is 6.42 Å². The summed E-state index contributed by atoms with van der Waals surface area (Å²) in [7, 11) is 0. The maximum absolute atomic E-state index is 11.5. The van der Waals surface area contributed by atoms with Gasteiger partial charge in [-0.2, -0.15) is 10.4 Å². The molecule has 2 amide bonds. The lowest BCUT2D eigenvalue weighted by atomic mass is 10.3. The first-order valence-electron chi connectivity index (χ1n) is 6.37. The molecule has 0 aromatic heterocycles. The van der Waals surface area contributed by atoms with E-state index in [-0.39, 0.29) is 18.7 Å². The van der Waals surface area contributed by atoms with Crippen LogP contribution in [0.4, 0.5) is 16.2 Å². The predicted molar refractivity (Wildman–Crippen MR) is 84.3 cm³/mol. The molecular weight excluding hydrogens is 302 g/mol. The van der Waals surface area contributed by atoms with Crippen LogP contribution >= 0.6 is 0 Å². The lowest BCUT2D eigenvalue weighted by Gasteiger charge is -2.07. The summed E-state index contributed by atoms with van der Waals surface area (Å²) >= 11 is 0. The second-order valence-electron chi connectivity index (χ2n) is 4.20. The zero-order valence-corrected chi connectivity index (χ0v) is 12.0. The van der Waals surface area contributed by atoms with Gasteiger partial charge in [0, 0.05) is 12.2 Å². The SMILES string of the molecule is N#C/C(=N\Nc1ccc(NC(=O)NCCC(=O)O)cc1)C(=N)N. The highest BCUT2D eigenvalue weighted by Gasteiger charge is 2.04. The molecule has 0 heterocycles. The van der Waals surface area contributed by atoms with Crippen LogP contribution in [-0.2, 0) is 4.79 Å². The smallest absolute Gasteiger partial charge is 0.319 e. The molecule has 0 atom stereocenters. The van der Waals surface area contributed by atoms with E-state index in [1.165, 1.54) is 0 Å². The Bertz CT molecular complexity index is 661. The molecule has 0 spiro atoms. The van der Waals surface area contributed by atoms with E-state index >= 15 is 0 Å². The van der Waals surface area contributed by atoms with Crippen LogP contribution in [0.2, 0.25) is 0 Å². The number of rotatable bonds is 7. The number of carboxylic acids is 1. The van der Waals surface area contributed by atoms with Crippen molar-refractivity contribution in [3.8, 4) is 6.07 Å². The number of nitrogens with one attached hydrogen (secondary N) is 4. The maximum Gasteiger partial charge on any atom is 0.319 e. The number of nitrogens with zero attached hydrogens (tertiary/aromatic N) is 2. The third-order valence-electron chi connectivity index (χ3n) is 2.43. The van der Waals surface area contributed by atoms with Gasteiger partial charge < -0.3 is 21.5 Å². The monoisotopic (exact) mass is 317 g/mol. The van der Waals surface area contributed by atoms with Gasteiger partial charge in [-0.3, -0.25) is 15.6 Å². The van der Waals surface area contributed by atoms with E-state index in [2.05, 4.69) is 21.2 Å². The zero-order chi connectivity index (χ0) is 17.2. The largest absolute Gasteiger partial charge is 0.481 e. The molecule has 1 aromatic rings. The topological polar surface area (TPSA) is 176 Å². The van der Waals surface area contributed by atoms with Gasteiger partial charge in [0.15, 0.2) is 5.84 Å². The summed E-state index contributed by atoms with van der Waals surface area (Å²) in [5.41, 5.74) is 8.47. The number of benzene rings is 1. The Morgan fingerprint density at radius 1 is 1.30 bits per heavy atom. The van der Waals surface area contributed by atoms with E-state index in [1.807, 2.05) is 0 Å². The molecular formula is C13H15N7O3. The molecule has 0 aliphatic rings. The number of carbonyl (C=O) groups is 2. The van der Waals surface area contributed by atoms with Gasteiger partial charge in [-0.05, 0) is 24.3 Å². The van der Waals surface area contributed by atoms with Gasteiger partial charge in [0.05, 0.1) is 12.1 Å². The Morgan fingerprint density at radius 2 is 1.91 bits per heavy atom. The lowest BCUT2D eigenvalue weighted by Crippen LogP contribution is -2.30. The number of hydrazone groups is 1. The minimum Gasteiger partial charge on any atom is -0.481 e. The molecule has 10 heteroatoms. The number of urea groups is 1. The molecule has 0 radical (unpaired) electrons. The minimum atomic E-state index is -0.997. The second-order valence-corrected chi connectivity index (χ2v) is 4.20. The van der Waals surface area contributed by atoms with Gasteiger partial charge >= 0.3 is 12.0 Å². The van der Waals surface area contributed by atoms with Crippen molar-refractivity contribution in [1.82, 2.24) is 5.32 Å². The number of hydrogen-bond acceptors (Lipinski definition) is 6. The van der Waals surface area contributed by atoms with E-state index in [0.717, 1.165) is 0 Å². The van der Waals surface area contributed by atoms with Gasteiger partial charge in [-0.1, -0.05) is 0 Å². The number of nitrogens with two attached hydrogens (primary N) is 1. The Balaban J connectivity index is 2.53. The average Bonchev–Trinajstić information content (AvgIpc) is 2.48. The van der Waals surface area contributed by atoms with Crippen LogP contribution in [-0.4, -0.2) is 35.2 Å². The normalized spacial score (nSPS) is 10.3. The van der Waals surface area contributed by atoms with Crippen LogP contribution in [0.3, 0.4) is 0 Å². The van der Waals surface area contributed by atoms with Gasteiger partial charge in [0.2, 0.25) is 5.71 Å². The molecule has 120 valence electrons. The number of amides is 2. The fraction of sp³-hybridized carbons (Fsp3) is 0.154. The first-order chi connectivity index (χ1) is 10.9. The Hall–Kier alpha value is -3.61. The first-order valence-corrected chi connectivity index (χ1v) is 6.37. The standard InChI is InChI=1S/C13H15N7O3/c14-7-10(12(15)16)20-19-9-3-1-8(2-4-9)18-13(23)17-6-5-11(21)22/h1-4,19H,5-6H2,(H3,15,16)(H,21,22)(H2,17,18,23)/b20-10+. The van der Waals surface area contributed by atoms with Crippen LogP contribution in [0.15, 0.2) is 29.4 Å². The maximum atomic E-state index is 11.5. The molecule has 10 nitrogen and oxygen atoms in total. The molecule has 0 unspecified atom stereocenters. The molecule has 0 saturated heterocycles. The van der Waals surface area contributed by atoms with Crippen molar-refractivity contribution < 1.29 is 14.7 Å². The average molecular weight is 317 g/mol. The molecule has 0 bridgehead atoms. The van der Waals surface area contributed by atoms with Crippen molar-refractivity contribution in [3.05, 3.63) is 24.3 Å². The molecule has 1 rings (SSSR count). The van der Waals surface area contributed by atoms with E-state index in [4.69, 9.17) is 21.5 Å². The lowest BCUT2D eigenvalue weighted by molar-refractivity contribution is -0.136. The second kappa shape index (κ2) is 8.63. The van der Waals surface area contributed by atoms with Crippen LogP contribution in [0, 0.1) is 16.7 Å². The molecule has 7 N–H and O–H groups in total. The number of anilines is 2. The number of nitriles is 1. The van der Waals surface area contributed by atoms with E-state index in [1.54, 1.807) is 30.3 Å². The Morgan fingerprint density at radius 3 is 2.43 bits per heavy atom. The summed E-state index contributed by atoms with van der Waals surface area (Å²) in [5, 5.41) is 32.8. The van der Waals surface area contributed by atoms with Crippen molar-refractivity contribution in [2.45, 2.75) is 6.42 Å². The van der Waals surface area contributed by atoms with Gasteiger partial charge in [-0.15, -0.1) is 0 Å². The van der Waals surface area contributed by atoms with E-state index < -0.39 is 17.8 Å². The molecule has 0 aliphatic carbocycles. The summed E-state index contributed by atoms with van der Waals surface area (Å²) in [6, 6.07) is 7.48. The first kappa shape index (κ1) is 17.4. The number of carboxylic acid groups (broad SMARTS) is 1. The van der Waals surface area contributed by atoms with Crippen LogP contribution < -0.4 is 21.8 Å². The zero-order valence-electron chi connectivity index (χ0n) is 12.0. The molecule has 1 aromatic carbocycles. The van der Waals surface area contributed by atoms with E-state index in [0.29, 0.717) is 11.4 Å². The van der Waals surface area contributed by atoms with Gasteiger partial charge in [-0.25, -0.2) is 4.79 Å². The summed E-state index contributed by atoms with van der Waals surface area (Å²) in [6.45, 7) is 0.0253. The summed E-state index contributed by atoms with van der Waals surface area (Å²) in [5.74, 6) is -1.44. The Labute approximate surface area is 131 Å². The molecule has 0 fully saturated rings. The highest BCUT2D eigenvalue weighted by molar-refractivity contribution is 6.45. The highest BCUT2D eigenvalue weighted by Crippen LogP contribution is 2.13. The summed E-state index contributed by atoms with van der Waals surface area (Å²) in [4.78, 5) is 21.8. The molecule has 0 aliphatic heterocycles. The Kier molecular flexibility index (Phi) is 6.54. The fourth-order valence-corrected chi connectivity index (χ4v) is 1.35. The molecule has 23 heavy (non-hydrogen) atoms. The van der Waals surface area contributed by atoms with Crippen LogP contribution in [0.5, 0.6) is 0 Å². The molecule has 0 saturated carbocycles. The van der Waals surface area contributed by atoms with Crippen molar-refractivity contribution in [2.75, 3.05) is 17.3 Å². The van der Waals surface area contributed by atoms with Gasteiger partial charge in [0.1, 0.15) is 6.07 Å². The highest BCUT2D eigenvalue weighted by atomic mass is 16.4. The van der Waals surface area contributed by atoms with Gasteiger partial charge in [0.25, 0.3) is 0 Å².